The molecule has 0 saturated carbocycles. The average Bonchev–Trinajstić information content (AvgIpc) is 2.77. The zero-order valence-corrected chi connectivity index (χ0v) is 18.4. The number of nitro groups is 1. The minimum atomic E-state index is -0.803. The average molecular weight is 447 g/mol. The first-order valence-corrected chi connectivity index (χ1v) is 10.6. The molecule has 0 spiro atoms. The van der Waals surface area contributed by atoms with Crippen molar-refractivity contribution in [3.05, 3.63) is 39.9 Å². The van der Waals surface area contributed by atoms with Crippen LogP contribution in [0.3, 0.4) is 0 Å². The molecule has 0 aliphatic rings. The Morgan fingerprint density at radius 1 is 1.12 bits per heavy atom. The second-order valence-corrected chi connectivity index (χ2v) is 7.59. The SMILES string of the molecule is CCN(CCCCN(C)C(=O)CCCN)C(=O)c1ccc2c([N+](=O)[O-])c(O)c(O)cc2c1. The van der Waals surface area contributed by atoms with E-state index in [1.165, 1.54) is 24.3 Å². The van der Waals surface area contributed by atoms with Gasteiger partial charge in [-0.15, -0.1) is 0 Å². The molecule has 0 aliphatic carbocycles. The van der Waals surface area contributed by atoms with Gasteiger partial charge in [-0.25, -0.2) is 0 Å². The summed E-state index contributed by atoms with van der Waals surface area (Å²) in [5.74, 6) is -1.61. The molecule has 2 rings (SSSR count). The highest BCUT2D eigenvalue weighted by atomic mass is 16.6. The number of rotatable bonds is 11. The molecule has 0 bridgehead atoms. The van der Waals surface area contributed by atoms with E-state index in [1.807, 2.05) is 6.92 Å². The van der Waals surface area contributed by atoms with Gasteiger partial charge in [0.15, 0.2) is 5.75 Å². The maximum atomic E-state index is 12.9. The van der Waals surface area contributed by atoms with Crippen molar-refractivity contribution in [2.24, 2.45) is 5.73 Å². The Morgan fingerprint density at radius 3 is 2.44 bits per heavy atom. The fourth-order valence-electron chi connectivity index (χ4n) is 3.49. The number of fused-ring (bicyclic) bond motifs is 1. The normalized spacial score (nSPS) is 10.8. The number of nitrogens with two attached hydrogens (primary N) is 1. The van der Waals surface area contributed by atoms with Crippen molar-refractivity contribution < 1.29 is 24.7 Å². The van der Waals surface area contributed by atoms with Gasteiger partial charge in [0.1, 0.15) is 0 Å². The second-order valence-electron chi connectivity index (χ2n) is 7.59. The summed E-state index contributed by atoms with van der Waals surface area (Å²) in [6.07, 6.45) is 2.54. The van der Waals surface area contributed by atoms with Crippen LogP contribution in [0, 0.1) is 10.1 Å². The van der Waals surface area contributed by atoms with Gasteiger partial charge in [0, 0.05) is 38.7 Å². The Labute approximate surface area is 186 Å². The van der Waals surface area contributed by atoms with Crippen molar-refractivity contribution in [1.82, 2.24) is 9.80 Å². The summed E-state index contributed by atoms with van der Waals surface area (Å²) in [4.78, 5) is 38.7. The summed E-state index contributed by atoms with van der Waals surface area (Å²) in [5, 5.41) is 31.3. The summed E-state index contributed by atoms with van der Waals surface area (Å²) >= 11 is 0. The van der Waals surface area contributed by atoms with Crippen LogP contribution in [-0.4, -0.2) is 70.0 Å². The van der Waals surface area contributed by atoms with Crippen molar-refractivity contribution in [1.29, 1.82) is 0 Å². The second kappa shape index (κ2) is 11.3. The molecule has 0 atom stereocenters. The zero-order valence-electron chi connectivity index (χ0n) is 18.4. The third-order valence-electron chi connectivity index (χ3n) is 5.36. The lowest BCUT2D eigenvalue weighted by atomic mass is 10.0. The lowest BCUT2D eigenvalue weighted by Gasteiger charge is -2.22. The van der Waals surface area contributed by atoms with Crippen LogP contribution in [0.1, 0.15) is 43.0 Å². The van der Waals surface area contributed by atoms with Crippen molar-refractivity contribution >= 4 is 28.3 Å². The minimum Gasteiger partial charge on any atom is -0.504 e. The van der Waals surface area contributed by atoms with Gasteiger partial charge in [0.25, 0.3) is 5.91 Å². The number of nitrogens with zero attached hydrogens (tertiary/aromatic N) is 3. The highest BCUT2D eigenvalue weighted by Crippen LogP contribution is 2.41. The Balaban J connectivity index is 2.06. The first kappa shape index (κ1) is 24.9. The Hall–Kier alpha value is -3.40. The number of amides is 2. The van der Waals surface area contributed by atoms with Gasteiger partial charge in [0.2, 0.25) is 11.7 Å². The molecule has 0 fully saturated rings. The van der Waals surface area contributed by atoms with Gasteiger partial charge in [0.05, 0.1) is 10.3 Å². The van der Waals surface area contributed by atoms with Crippen LogP contribution in [0.5, 0.6) is 11.5 Å². The summed E-state index contributed by atoms with van der Waals surface area (Å²) < 4.78 is 0. The number of hydrogen-bond donors (Lipinski definition) is 3. The summed E-state index contributed by atoms with van der Waals surface area (Å²) in [5.41, 5.74) is 5.15. The predicted octanol–water partition coefficient (Wildman–Crippen LogP) is 2.60. The monoisotopic (exact) mass is 446 g/mol. The molecular weight excluding hydrogens is 416 g/mol. The largest absolute Gasteiger partial charge is 0.504 e. The van der Waals surface area contributed by atoms with Gasteiger partial charge >= 0.3 is 5.69 Å². The number of phenols is 2. The summed E-state index contributed by atoms with van der Waals surface area (Å²) in [6, 6.07) is 5.54. The molecule has 0 heterocycles. The van der Waals surface area contributed by atoms with E-state index in [1.54, 1.807) is 16.8 Å². The molecule has 0 unspecified atom stereocenters. The van der Waals surface area contributed by atoms with Gasteiger partial charge in [-0.2, -0.15) is 0 Å². The van der Waals surface area contributed by atoms with Crippen molar-refractivity contribution in [2.45, 2.75) is 32.6 Å². The highest BCUT2D eigenvalue weighted by Gasteiger charge is 2.23. The minimum absolute atomic E-state index is 0.0541. The van der Waals surface area contributed by atoms with E-state index in [0.717, 1.165) is 6.42 Å². The third kappa shape index (κ3) is 5.85. The molecule has 0 aromatic heterocycles. The number of phenolic OH excluding ortho intramolecular Hbond substituents is 2. The molecule has 174 valence electrons. The van der Waals surface area contributed by atoms with E-state index in [2.05, 4.69) is 0 Å². The van der Waals surface area contributed by atoms with Crippen LogP contribution in [-0.2, 0) is 4.79 Å². The molecule has 4 N–H and O–H groups in total. The number of aromatic hydroxyl groups is 2. The lowest BCUT2D eigenvalue weighted by molar-refractivity contribution is -0.384. The Bertz CT molecular complexity index is 994. The number of nitro benzene ring substituents is 1. The first-order valence-electron chi connectivity index (χ1n) is 10.6. The molecule has 10 heteroatoms. The fourth-order valence-corrected chi connectivity index (χ4v) is 3.49. The van der Waals surface area contributed by atoms with Crippen molar-refractivity contribution in [3.63, 3.8) is 0 Å². The third-order valence-corrected chi connectivity index (χ3v) is 5.36. The van der Waals surface area contributed by atoms with Crippen molar-refractivity contribution in [2.75, 3.05) is 33.2 Å². The van der Waals surface area contributed by atoms with Crippen LogP contribution in [0.25, 0.3) is 10.8 Å². The van der Waals surface area contributed by atoms with E-state index >= 15 is 0 Å². The van der Waals surface area contributed by atoms with E-state index < -0.39 is 22.1 Å². The van der Waals surface area contributed by atoms with Crippen LogP contribution in [0.4, 0.5) is 5.69 Å². The van der Waals surface area contributed by atoms with Gasteiger partial charge in [-0.05, 0) is 62.4 Å². The van der Waals surface area contributed by atoms with E-state index in [-0.39, 0.29) is 22.6 Å². The van der Waals surface area contributed by atoms with Gasteiger partial charge in [-0.3, -0.25) is 19.7 Å². The quantitative estimate of drug-likeness (QED) is 0.208. The first-order chi connectivity index (χ1) is 15.2. The van der Waals surface area contributed by atoms with Crippen molar-refractivity contribution in [3.8, 4) is 11.5 Å². The maximum Gasteiger partial charge on any atom is 0.322 e. The topological polar surface area (TPSA) is 150 Å². The fraction of sp³-hybridized carbons (Fsp3) is 0.455. The van der Waals surface area contributed by atoms with Crippen LogP contribution in [0.15, 0.2) is 24.3 Å². The molecule has 2 aromatic rings. The number of unbranched alkanes of at least 4 members (excludes halogenated alkanes) is 1. The lowest BCUT2D eigenvalue weighted by Crippen LogP contribution is -2.33. The number of carbonyl (C=O) groups excluding carboxylic acids is 2. The summed E-state index contributed by atoms with van der Waals surface area (Å²) in [6.45, 7) is 3.91. The molecular formula is C22H30N4O6. The number of carbonyl (C=O) groups is 2. The number of benzene rings is 2. The number of hydrogen-bond acceptors (Lipinski definition) is 7. The van der Waals surface area contributed by atoms with Gasteiger partial charge < -0.3 is 25.7 Å². The zero-order chi connectivity index (χ0) is 23.8. The Kier molecular flexibility index (Phi) is 8.77. The van der Waals surface area contributed by atoms with Gasteiger partial charge in [-0.1, -0.05) is 0 Å². The van der Waals surface area contributed by atoms with E-state index in [9.17, 15) is 29.9 Å². The van der Waals surface area contributed by atoms with E-state index in [0.29, 0.717) is 51.0 Å². The van der Waals surface area contributed by atoms with Crippen LogP contribution < -0.4 is 5.73 Å². The van der Waals surface area contributed by atoms with Crippen LogP contribution >= 0.6 is 0 Å². The highest BCUT2D eigenvalue weighted by molar-refractivity contribution is 6.02. The van der Waals surface area contributed by atoms with Crippen LogP contribution in [0.2, 0.25) is 0 Å². The maximum absolute atomic E-state index is 12.9. The molecule has 0 saturated heterocycles. The van der Waals surface area contributed by atoms with E-state index in [4.69, 9.17) is 5.73 Å². The molecule has 32 heavy (non-hydrogen) atoms. The molecule has 0 aliphatic heterocycles. The molecule has 0 radical (unpaired) electrons. The smallest absolute Gasteiger partial charge is 0.322 e. The summed E-state index contributed by atoms with van der Waals surface area (Å²) in [7, 11) is 1.75. The molecule has 10 nitrogen and oxygen atoms in total. The predicted molar refractivity (Wildman–Crippen MR) is 121 cm³/mol. The standard InChI is InChI=1S/C22H30N4O6/c1-3-25(12-5-4-11-24(2)19(28)7-6-10-23)22(30)15-8-9-17-16(13-15)14-18(27)21(29)20(17)26(31)32/h8-9,13-14,27,29H,3-7,10-12,23H2,1-2H3. The molecule has 2 aromatic carbocycles. The molecule has 2 amide bonds. The Morgan fingerprint density at radius 2 is 1.81 bits per heavy atom.